The number of nitrogens with one attached hydrogen (secondary N) is 1. The lowest BCUT2D eigenvalue weighted by atomic mass is 10.1. The van der Waals surface area contributed by atoms with Crippen molar-refractivity contribution < 1.29 is 13.2 Å². The topological polar surface area (TPSA) is 68.3 Å². The van der Waals surface area contributed by atoms with Crippen LogP contribution in [-0.2, 0) is 10.0 Å². The molecule has 136 valence electrons. The second-order valence-electron chi connectivity index (χ2n) is 6.13. The Morgan fingerprint density at radius 2 is 1.85 bits per heavy atom. The summed E-state index contributed by atoms with van der Waals surface area (Å²) in [4.78, 5) is 4.29. The van der Waals surface area contributed by atoms with Crippen molar-refractivity contribution in [2.24, 2.45) is 0 Å². The minimum absolute atomic E-state index is 0.208. The van der Waals surface area contributed by atoms with Gasteiger partial charge in [-0.05, 0) is 43.2 Å². The molecule has 0 saturated heterocycles. The van der Waals surface area contributed by atoms with Crippen LogP contribution in [0.5, 0.6) is 5.75 Å². The van der Waals surface area contributed by atoms with Crippen molar-refractivity contribution in [1.82, 2.24) is 4.98 Å². The van der Waals surface area contributed by atoms with Crippen LogP contribution in [0.4, 0.5) is 5.82 Å². The van der Waals surface area contributed by atoms with E-state index in [2.05, 4.69) is 16.6 Å². The minimum Gasteiger partial charge on any atom is -0.493 e. The van der Waals surface area contributed by atoms with Crippen molar-refractivity contribution in [2.45, 2.75) is 31.6 Å². The van der Waals surface area contributed by atoms with Crippen LogP contribution in [0, 0.1) is 6.92 Å². The maximum Gasteiger partial charge on any atom is 0.263 e. The number of anilines is 1. The average Bonchev–Trinajstić information content (AvgIpc) is 2.61. The Kier molecular flexibility index (Phi) is 5.42. The van der Waals surface area contributed by atoms with Crippen LogP contribution in [0.1, 0.15) is 25.3 Å². The van der Waals surface area contributed by atoms with Crippen molar-refractivity contribution in [2.75, 3.05) is 11.3 Å². The molecule has 3 aromatic rings. The number of sulfonamides is 1. The Bertz CT molecular complexity index is 1020. The molecule has 1 N–H and O–H groups in total. The Morgan fingerprint density at radius 1 is 1.08 bits per heavy atom. The van der Waals surface area contributed by atoms with Gasteiger partial charge in [0.05, 0.1) is 11.5 Å². The van der Waals surface area contributed by atoms with Gasteiger partial charge in [-0.25, -0.2) is 13.4 Å². The van der Waals surface area contributed by atoms with E-state index in [1.54, 1.807) is 30.5 Å². The van der Waals surface area contributed by atoms with E-state index in [4.69, 9.17) is 4.74 Å². The van der Waals surface area contributed by atoms with Crippen molar-refractivity contribution >= 4 is 26.6 Å². The minimum atomic E-state index is -3.77. The number of aryl methyl sites for hydroxylation is 1. The SMILES string of the molecule is CCCCOc1ccc(S(=O)(=O)Nc2cc(C)ccn2)c2ccccc12. The number of aromatic nitrogens is 1. The van der Waals surface area contributed by atoms with Crippen LogP contribution >= 0.6 is 0 Å². The van der Waals surface area contributed by atoms with Crippen LogP contribution in [0.3, 0.4) is 0 Å². The lowest BCUT2D eigenvalue weighted by molar-refractivity contribution is 0.313. The van der Waals surface area contributed by atoms with Gasteiger partial charge in [-0.1, -0.05) is 37.6 Å². The summed E-state index contributed by atoms with van der Waals surface area (Å²) in [6, 6.07) is 14.2. The second-order valence-corrected chi connectivity index (χ2v) is 7.78. The first-order valence-corrected chi connectivity index (χ1v) is 10.1. The van der Waals surface area contributed by atoms with Gasteiger partial charge in [0, 0.05) is 17.0 Å². The van der Waals surface area contributed by atoms with E-state index in [0.717, 1.165) is 23.8 Å². The maximum atomic E-state index is 12.9. The highest BCUT2D eigenvalue weighted by atomic mass is 32.2. The predicted octanol–water partition coefficient (Wildman–Crippen LogP) is 4.52. The molecule has 6 heteroatoms. The molecule has 0 bridgehead atoms. The third kappa shape index (κ3) is 3.96. The number of nitrogens with zero attached hydrogens (tertiary/aromatic N) is 1. The number of pyridine rings is 1. The quantitative estimate of drug-likeness (QED) is 0.621. The number of benzene rings is 2. The second kappa shape index (κ2) is 7.74. The average molecular weight is 370 g/mol. The summed E-state index contributed by atoms with van der Waals surface area (Å²) >= 11 is 0. The lowest BCUT2D eigenvalue weighted by Gasteiger charge is -2.14. The molecule has 1 aromatic heterocycles. The van der Waals surface area contributed by atoms with Crippen LogP contribution in [0.2, 0.25) is 0 Å². The number of unbranched alkanes of at least 4 members (excludes halogenated alkanes) is 1. The zero-order valence-electron chi connectivity index (χ0n) is 14.9. The molecular weight excluding hydrogens is 348 g/mol. The molecule has 0 amide bonds. The van der Waals surface area contributed by atoms with Crippen LogP contribution in [0.25, 0.3) is 10.8 Å². The Labute approximate surface area is 154 Å². The Morgan fingerprint density at radius 3 is 2.58 bits per heavy atom. The molecule has 0 saturated carbocycles. The van der Waals surface area contributed by atoms with E-state index in [1.165, 1.54) is 0 Å². The number of hydrogen-bond acceptors (Lipinski definition) is 4. The fourth-order valence-corrected chi connectivity index (χ4v) is 3.93. The zero-order valence-corrected chi connectivity index (χ0v) is 15.7. The summed E-state index contributed by atoms with van der Waals surface area (Å²) in [6.45, 7) is 4.59. The molecule has 0 unspecified atom stereocenters. The summed E-state index contributed by atoms with van der Waals surface area (Å²) in [5.74, 6) is 0.999. The molecule has 0 atom stereocenters. The summed E-state index contributed by atoms with van der Waals surface area (Å²) in [5, 5.41) is 1.41. The van der Waals surface area contributed by atoms with E-state index >= 15 is 0 Å². The fourth-order valence-electron chi connectivity index (χ4n) is 2.72. The molecule has 0 aliphatic heterocycles. The Hall–Kier alpha value is -2.60. The molecule has 0 radical (unpaired) electrons. The lowest BCUT2D eigenvalue weighted by Crippen LogP contribution is -2.14. The largest absolute Gasteiger partial charge is 0.493 e. The monoisotopic (exact) mass is 370 g/mol. The molecule has 0 aliphatic rings. The van der Waals surface area contributed by atoms with Gasteiger partial charge in [-0.15, -0.1) is 0 Å². The predicted molar refractivity (Wildman–Crippen MR) is 104 cm³/mol. The van der Waals surface area contributed by atoms with Crippen LogP contribution in [0.15, 0.2) is 59.6 Å². The van der Waals surface area contributed by atoms with Gasteiger partial charge in [0.1, 0.15) is 11.6 Å². The van der Waals surface area contributed by atoms with Crippen LogP contribution < -0.4 is 9.46 Å². The van der Waals surface area contributed by atoms with Crippen molar-refractivity contribution in [1.29, 1.82) is 0 Å². The van der Waals surface area contributed by atoms with E-state index in [-0.39, 0.29) is 4.90 Å². The summed E-state index contributed by atoms with van der Waals surface area (Å²) in [6.07, 6.45) is 3.57. The molecule has 26 heavy (non-hydrogen) atoms. The molecule has 0 aliphatic carbocycles. The molecule has 5 nitrogen and oxygen atoms in total. The van der Waals surface area contributed by atoms with Crippen molar-refractivity contribution in [3.8, 4) is 5.75 Å². The first kappa shape index (κ1) is 18.2. The first-order valence-electron chi connectivity index (χ1n) is 8.61. The summed E-state index contributed by atoms with van der Waals surface area (Å²) in [7, 11) is -3.77. The number of fused-ring (bicyclic) bond motifs is 1. The van der Waals surface area contributed by atoms with Crippen LogP contribution in [-0.4, -0.2) is 20.0 Å². The molecule has 0 fully saturated rings. The normalized spacial score (nSPS) is 11.5. The van der Waals surface area contributed by atoms with Gasteiger partial charge in [0.15, 0.2) is 0 Å². The summed E-state index contributed by atoms with van der Waals surface area (Å²) in [5.41, 5.74) is 0.933. The van der Waals surface area contributed by atoms with Gasteiger partial charge >= 0.3 is 0 Å². The molecule has 3 rings (SSSR count). The number of hydrogen-bond donors (Lipinski definition) is 1. The smallest absolute Gasteiger partial charge is 0.263 e. The highest BCUT2D eigenvalue weighted by molar-refractivity contribution is 7.93. The van der Waals surface area contributed by atoms with E-state index in [9.17, 15) is 8.42 Å². The number of rotatable bonds is 7. The maximum absolute atomic E-state index is 12.9. The Balaban J connectivity index is 2.00. The van der Waals surface area contributed by atoms with E-state index in [1.807, 2.05) is 31.2 Å². The van der Waals surface area contributed by atoms with E-state index in [0.29, 0.717) is 23.6 Å². The number of ether oxygens (including phenoxy) is 1. The fraction of sp³-hybridized carbons (Fsp3) is 0.250. The highest BCUT2D eigenvalue weighted by Gasteiger charge is 2.19. The first-order chi connectivity index (χ1) is 12.5. The van der Waals surface area contributed by atoms with Gasteiger partial charge in [0.25, 0.3) is 10.0 Å². The molecule has 1 heterocycles. The van der Waals surface area contributed by atoms with Gasteiger partial charge < -0.3 is 4.74 Å². The molecule has 2 aromatic carbocycles. The third-order valence-electron chi connectivity index (χ3n) is 4.04. The van der Waals surface area contributed by atoms with Gasteiger partial charge in [-0.2, -0.15) is 0 Å². The summed E-state index contributed by atoms with van der Waals surface area (Å²) < 4.78 is 34.2. The molecule has 0 spiro atoms. The highest BCUT2D eigenvalue weighted by Crippen LogP contribution is 2.32. The standard InChI is InChI=1S/C20H22N2O3S/c1-3-4-13-25-18-9-10-19(17-8-6-5-7-16(17)18)26(23,24)22-20-14-15(2)11-12-21-20/h5-12,14H,3-4,13H2,1-2H3,(H,21,22). The van der Waals surface area contributed by atoms with Gasteiger partial charge in [0.2, 0.25) is 0 Å². The third-order valence-corrected chi connectivity index (χ3v) is 5.46. The van der Waals surface area contributed by atoms with E-state index < -0.39 is 10.0 Å². The zero-order chi connectivity index (χ0) is 18.6. The van der Waals surface area contributed by atoms with Gasteiger partial charge in [-0.3, -0.25) is 4.72 Å². The van der Waals surface area contributed by atoms with Crippen molar-refractivity contribution in [3.05, 3.63) is 60.3 Å². The van der Waals surface area contributed by atoms with Crippen molar-refractivity contribution in [3.63, 3.8) is 0 Å². The molecular formula is C20H22N2O3S.